The number of rotatable bonds is 9. The summed E-state index contributed by atoms with van der Waals surface area (Å²) in [5, 5.41) is 3.69. The van der Waals surface area contributed by atoms with Gasteiger partial charge in [-0.25, -0.2) is 4.98 Å². The van der Waals surface area contributed by atoms with E-state index in [-0.39, 0.29) is 5.38 Å². The Hall–Kier alpha value is -0.540. The van der Waals surface area contributed by atoms with Crippen molar-refractivity contribution in [3.63, 3.8) is 0 Å². The lowest BCUT2D eigenvalue weighted by Crippen LogP contribution is -2.29. The van der Waals surface area contributed by atoms with E-state index < -0.39 is 0 Å². The maximum Gasteiger partial charge on any atom is 0.0945 e. The van der Waals surface area contributed by atoms with Gasteiger partial charge in [0.25, 0.3) is 0 Å². The number of halogens is 1. The largest absolute Gasteiger partial charge is 0.337 e. The zero-order chi connectivity index (χ0) is 12.5. The molecule has 0 saturated heterocycles. The van der Waals surface area contributed by atoms with E-state index in [1.54, 1.807) is 0 Å². The van der Waals surface area contributed by atoms with E-state index >= 15 is 0 Å². The standard InChI is InChI=1S/C13H24ClN3/c1-3-12(4-2)13(14)10-15-6-5-8-17-9-7-16-11-17/h7,9,11-13,15H,3-6,8,10H2,1-2H3. The van der Waals surface area contributed by atoms with Crippen molar-refractivity contribution in [1.29, 1.82) is 0 Å². The van der Waals surface area contributed by atoms with E-state index in [2.05, 4.69) is 28.7 Å². The number of alkyl halides is 1. The van der Waals surface area contributed by atoms with E-state index in [0.717, 1.165) is 26.1 Å². The molecule has 0 radical (unpaired) electrons. The molecule has 1 unspecified atom stereocenters. The predicted octanol–water partition coefficient (Wildman–Crippen LogP) is 2.91. The first-order valence-corrected chi connectivity index (χ1v) is 7.02. The van der Waals surface area contributed by atoms with Gasteiger partial charge in [-0.15, -0.1) is 11.6 Å². The van der Waals surface area contributed by atoms with Crippen molar-refractivity contribution >= 4 is 11.6 Å². The minimum Gasteiger partial charge on any atom is -0.337 e. The molecule has 1 aromatic rings. The Morgan fingerprint density at radius 1 is 1.35 bits per heavy atom. The molecule has 0 bridgehead atoms. The zero-order valence-electron chi connectivity index (χ0n) is 10.9. The second-order valence-corrected chi connectivity index (χ2v) is 5.01. The van der Waals surface area contributed by atoms with Crippen LogP contribution < -0.4 is 5.32 Å². The second-order valence-electron chi connectivity index (χ2n) is 4.45. The molecule has 0 aliphatic carbocycles. The first-order chi connectivity index (χ1) is 8.27. The van der Waals surface area contributed by atoms with Crippen molar-refractivity contribution in [2.45, 2.75) is 45.0 Å². The summed E-state index contributed by atoms with van der Waals surface area (Å²) in [5.74, 6) is 0.637. The van der Waals surface area contributed by atoms with Crippen LogP contribution in [-0.2, 0) is 6.54 Å². The molecule has 0 aliphatic rings. The molecule has 0 amide bonds. The Bertz CT molecular complexity index is 270. The molecule has 3 nitrogen and oxygen atoms in total. The molecule has 0 spiro atoms. The predicted molar refractivity (Wildman–Crippen MR) is 73.4 cm³/mol. The summed E-state index contributed by atoms with van der Waals surface area (Å²) in [6.07, 6.45) is 9.12. The van der Waals surface area contributed by atoms with E-state index in [9.17, 15) is 0 Å². The van der Waals surface area contributed by atoms with Crippen molar-refractivity contribution < 1.29 is 0 Å². The second kappa shape index (κ2) is 8.54. The Morgan fingerprint density at radius 2 is 2.12 bits per heavy atom. The minimum atomic E-state index is 0.262. The lowest BCUT2D eigenvalue weighted by Gasteiger charge is -2.19. The van der Waals surface area contributed by atoms with Gasteiger partial charge in [0, 0.05) is 30.9 Å². The molecule has 1 N–H and O–H groups in total. The van der Waals surface area contributed by atoms with Crippen LogP contribution in [0.1, 0.15) is 33.1 Å². The molecule has 1 heterocycles. The number of aromatic nitrogens is 2. The van der Waals surface area contributed by atoms with Crippen molar-refractivity contribution in [2.75, 3.05) is 13.1 Å². The lowest BCUT2D eigenvalue weighted by molar-refractivity contribution is 0.442. The van der Waals surface area contributed by atoms with Crippen molar-refractivity contribution in [3.05, 3.63) is 18.7 Å². The number of imidazole rings is 1. The van der Waals surface area contributed by atoms with Gasteiger partial charge in [0.2, 0.25) is 0 Å². The van der Waals surface area contributed by atoms with Crippen LogP contribution in [0.15, 0.2) is 18.7 Å². The van der Waals surface area contributed by atoms with E-state index in [1.807, 2.05) is 18.7 Å². The third kappa shape index (κ3) is 5.55. The van der Waals surface area contributed by atoms with Crippen LogP contribution in [0, 0.1) is 5.92 Å². The summed E-state index contributed by atoms with van der Waals surface area (Å²) in [6, 6.07) is 0. The average Bonchev–Trinajstić information content (AvgIpc) is 2.83. The highest BCUT2D eigenvalue weighted by Crippen LogP contribution is 2.17. The Kier molecular flexibility index (Phi) is 7.29. The van der Waals surface area contributed by atoms with E-state index in [0.29, 0.717) is 5.92 Å². The van der Waals surface area contributed by atoms with Crippen LogP contribution in [0.25, 0.3) is 0 Å². The summed E-state index contributed by atoms with van der Waals surface area (Å²) in [6.45, 7) is 7.37. The van der Waals surface area contributed by atoms with Crippen LogP contribution in [-0.4, -0.2) is 28.0 Å². The Labute approximate surface area is 110 Å². The third-order valence-electron chi connectivity index (χ3n) is 3.23. The SMILES string of the molecule is CCC(CC)C(Cl)CNCCCn1ccnc1. The quantitative estimate of drug-likeness (QED) is 0.545. The molecule has 0 fully saturated rings. The van der Waals surface area contributed by atoms with Gasteiger partial charge in [0.05, 0.1) is 6.33 Å². The average molecular weight is 258 g/mol. The molecular weight excluding hydrogens is 234 g/mol. The number of nitrogens with one attached hydrogen (secondary N) is 1. The summed E-state index contributed by atoms with van der Waals surface area (Å²) in [4.78, 5) is 4.02. The molecule has 0 aliphatic heterocycles. The van der Waals surface area contributed by atoms with Gasteiger partial charge in [-0.05, 0) is 18.9 Å². The number of hydrogen-bond acceptors (Lipinski definition) is 2. The van der Waals surface area contributed by atoms with Gasteiger partial charge in [-0.2, -0.15) is 0 Å². The molecular formula is C13H24ClN3. The van der Waals surface area contributed by atoms with Gasteiger partial charge >= 0.3 is 0 Å². The molecule has 1 aromatic heterocycles. The zero-order valence-corrected chi connectivity index (χ0v) is 11.7. The van der Waals surface area contributed by atoms with E-state index in [1.165, 1.54) is 12.8 Å². The van der Waals surface area contributed by atoms with Gasteiger partial charge < -0.3 is 9.88 Å². The summed E-state index contributed by atoms with van der Waals surface area (Å²) in [7, 11) is 0. The maximum atomic E-state index is 6.35. The number of nitrogens with zero attached hydrogens (tertiary/aromatic N) is 2. The first-order valence-electron chi connectivity index (χ1n) is 6.58. The van der Waals surface area contributed by atoms with Crippen molar-refractivity contribution in [1.82, 2.24) is 14.9 Å². The molecule has 4 heteroatoms. The van der Waals surface area contributed by atoms with Gasteiger partial charge in [-0.3, -0.25) is 0 Å². The fourth-order valence-electron chi connectivity index (χ4n) is 2.01. The Morgan fingerprint density at radius 3 is 2.71 bits per heavy atom. The van der Waals surface area contributed by atoms with Crippen LogP contribution >= 0.6 is 11.6 Å². The fourth-order valence-corrected chi connectivity index (χ4v) is 2.48. The van der Waals surface area contributed by atoms with Crippen LogP contribution in [0.2, 0.25) is 0 Å². The summed E-state index contributed by atoms with van der Waals surface area (Å²) in [5.41, 5.74) is 0. The molecule has 17 heavy (non-hydrogen) atoms. The van der Waals surface area contributed by atoms with Crippen LogP contribution in [0.4, 0.5) is 0 Å². The summed E-state index contributed by atoms with van der Waals surface area (Å²) < 4.78 is 2.10. The lowest BCUT2D eigenvalue weighted by atomic mass is 9.99. The van der Waals surface area contributed by atoms with Crippen LogP contribution in [0.3, 0.4) is 0 Å². The number of aryl methyl sites for hydroxylation is 1. The first kappa shape index (κ1) is 14.5. The van der Waals surface area contributed by atoms with Gasteiger partial charge in [0.1, 0.15) is 0 Å². The smallest absolute Gasteiger partial charge is 0.0945 e. The van der Waals surface area contributed by atoms with Crippen molar-refractivity contribution in [2.24, 2.45) is 5.92 Å². The maximum absolute atomic E-state index is 6.35. The summed E-state index contributed by atoms with van der Waals surface area (Å²) >= 11 is 6.35. The fraction of sp³-hybridized carbons (Fsp3) is 0.769. The molecule has 98 valence electrons. The van der Waals surface area contributed by atoms with Crippen molar-refractivity contribution in [3.8, 4) is 0 Å². The topological polar surface area (TPSA) is 29.9 Å². The molecule has 0 saturated carbocycles. The Balaban J connectivity index is 2.03. The highest BCUT2D eigenvalue weighted by Gasteiger charge is 2.14. The monoisotopic (exact) mass is 257 g/mol. The third-order valence-corrected chi connectivity index (χ3v) is 3.74. The number of hydrogen-bond donors (Lipinski definition) is 1. The van der Waals surface area contributed by atoms with Crippen LogP contribution in [0.5, 0.6) is 0 Å². The van der Waals surface area contributed by atoms with Gasteiger partial charge in [0.15, 0.2) is 0 Å². The molecule has 1 atom stereocenters. The highest BCUT2D eigenvalue weighted by molar-refractivity contribution is 6.21. The molecule has 1 rings (SSSR count). The minimum absolute atomic E-state index is 0.262. The normalized spacial score (nSPS) is 13.2. The molecule has 0 aromatic carbocycles. The van der Waals surface area contributed by atoms with E-state index in [4.69, 9.17) is 11.6 Å². The van der Waals surface area contributed by atoms with Gasteiger partial charge in [-0.1, -0.05) is 26.7 Å². The highest BCUT2D eigenvalue weighted by atomic mass is 35.5.